The van der Waals surface area contributed by atoms with E-state index in [9.17, 15) is 23.9 Å². The van der Waals surface area contributed by atoms with Crippen LogP contribution in [0.15, 0.2) is 54.1 Å². The number of hydrogen-bond acceptors (Lipinski definition) is 7. The standard InChI is InChI=1S/C23H16ClFN2O5S/c1-11-20(22(31)32-2)33-23(26-11)27-17(12-5-9-15(25)10-6-12)16(19(29)21(27)30)18(28)13-3-7-14(24)8-4-13/h3-10,17,28H,1-2H3. The molecule has 0 spiro atoms. The van der Waals surface area contributed by atoms with Crippen molar-refractivity contribution in [1.82, 2.24) is 4.98 Å². The lowest BCUT2D eigenvalue weighted by Gasteiger charge is -2.23. The number of ketones is 1. The number of methoxy groups -OCH3 is 1. The van der Waals surface area contributed by atoms with Crippen LogP contribution in [0, 0.1) is 12.7 Å². The zero-order chi connectivity index (χ0) is 23.9. The van der Waals surface area contributed by atoms with E-state index in [1.165, 1.54) is 55.6 Å². The molecule has 1 fully saturated rings. The van der Waals surface area contributed by atoms with Gasteiger partial charge in [-0.05, 0) is 48.9 Å². The molecule has 10 heteroatoms. The first-order valence-corrected chi connectivity index (χ1v) is 10.8. The summed E-state index contributed by atoms with van der Waals surface area (Å²) in [4.78, 5) is 43.8. The van der Waals surface area contributed by atoms with Gasteiger partial charge < -0.3 is 9.84 Å². The fraction of sp³-hybridized carbons (Fsp3) is 0.130. The van der Waals surface area contributed by atoms with E-state index >= 15 is 0 Å². The lowest BCUT2D eigenvalue weighted by atomic mass is 9.95. The minimum Gasteiger partial charge on any atom is -0.507 e. The monoisotopic (exact) mass is 486 g/mol. The molecule has 1 N–H and O–H groups in total. The van der Waals surface area contributed by atoms with Crippen molar-refractivity contribution in [1.29, 1.82) is 0 Å². The summed E-state index contributed by atoms with van der Waals surface area (Å²) in [6.07, 6.45) is 0. The van der Waals surface area contributed by atoms with Crippen molar-refractivity contribution in [2.75, 3.05) is 12.0 Å². The molecule has 1 aliphatic heterocycles. The van der Waals surface area contributed by atoms with Crippen LogP contribution >= 0.6 is 22.9 Å². The molecule has 2 aromatic carbocycles. The van der Waals surface area contributed by atoms with Crippen LogP contribution in [0.25, 0.3) is 5.76 Å². The molecule has 1 amide bonds. The van der Waals surface area contributed by atoms with E-state index in [4.69, 9.17) is 16.3 Å². The van der Waals surface area contributed by atoms with Gasteiger partial charge in [0.15, 0.2) is 5.13 Å². The van der Waals surface area contributed by atoms with Gasteiger partial charge in [0.25, 0.3) is 5.78 Å². The molecule has 0 radical (unpaired) electrons. The van der Waals surface area contributed by atoms with E-state index in [1.54, 1.807) is 6.92 Å². The summed E-state index contributed by atoms with van der Waals surface area (Å²) in [5.74, 6) is -3.43. The molecule has 168 valence electrons. The third kappa shape index (κ3) is 4.01. The molecule has 0 aliphatic carbocycles. The zero-order valence-corrected chi connectivity index (χ0v) is 18.9. The van der Waals surface area contributed by atoms with Gasteiger partial charge in [-0.25, -0.2) is 14.2 Å². The predicted octanol–water partition coefficient (Wildman–Crippen LogP) is 4.66. The summed E-state index contributed by atoms with van der Waals surface area (Å²) < 4.78 is 18.4. The molecule has 4 rings (SSSR count). The number of anilines is 1. The number of benzene rings is 2. The van der Waals surface area contributed by atoms with E-state index in [0.29, 0.717) is 16.3 Å². The number of aliphatic hydroxyl groups is 1. The van der Waals surface area contributed by atoms with Crippen molar-refractivity contribution in [2.24, 2.45) is 0 Å². The molecule has 1 aromatic heterocycles. The lowest BCUT2D eigenvalue weighted by Crippen LogP contribution is -2.29. The molecule has 1 atom stereocenters. The number of carbonyl (C=O) groups excluding carboxylic acids is 3. The number of Topliss-reactive ketones (excluding diaryl/α,β-unsaturated/α-hetero) is 1. The van der Waals surface area contributed by atoms with E-state index in [-0.39, 0.29) is 21.1 Å². The molecule has 0 bridgehead atoms. The number of aryl methyl sites for hydroxylation is 1. The Balaban J connectivity index is 1.93. The summed E-state index contributed by atoms with van der Waals surface area (Å²) in [5, 5.41) is 11.5. The van der Waals surface area contributed by atoms with Crippen LogP contribution in [-0.4, -0.2) is 34.9 Å². The maximum Gasteiger partial charge on any atom is 0.350 e. The number of hydrogen-bond donors (Lipinski definition) is 1. The minimum atomic E-state index is -1.10. The highest BCUT2D eigenvalue weighted by atomic mass is 35.5. The van der Waals surface area contributed by atoms with Gasteiger partial charge in [0.1, 0.15) is 16.5 Å². The largest absolute Gasteiger partial charge is 0.507 e. The van der Waals surface area contributed by atoms with Crippen molar-refractivity contribution in [3.05, 3.63) is 86.6 Å². The van der Waals surface area contributed by atoms with Crippen LogP contribution in [0.4, 0.5) is 9.52 Å². The van der Waals surface area contributed by atoms with Gasteiger partial charge in [-0.3, -0.25) is 14.5 Å². The summed E-state index contributed by atoms with van der Waals surface area (Å²) in [6, 6.07) is 10.2. The van der Waals surface area contributed by atoms with Crippen molar-refractivity contribution >= 4 is 51.5 Å². The topological polar surface area (TPSA) is 96.8 Å². The van der Waals surface area contributed by atoms with E-state index in [0.717, 1.165) is 16.2 Å². The van der Waals surface area contributed by atoms with Gasteiger partial charge in [-0.2, -0.15) is 0 Å². The number of halogens is 2. The van der Waals surface area contributed by atoms with Crippen molar-refractivity contribution in [3.63, 3.8) is 0 Å². The van der Waals surface area contributed by atoms with Crippen molar-refractivity contribution < 1.29 is 28.6 Å². The summed E-state index contributed by atoms with van der Waals surface area (Å²) in [5.41, 5.74) is 0.773. The second kappa shape index (κ2) is 8.76. The quantitative estimate of drug-likeness (QED) is 0.249. The molecule has 33 heavy (non-hydrogen) atoms. The number of aliphatic hydroxyl groups excluding tert-OH is 1. The first-order chi connectivity index (χ1) is 15.7. The Kier molecular flexibility index (Phi) is 6.01. The van der Waals surface area contributed by atoms with Gasteiger partial charge in [0, 0.05) is 10.6 Å². The number of nitrogens with zero attached hydrogens (tertiary/aromatic N) is 2. The summed E-state index contributed by atoms with van der Waals surface area (Å²) >= 11 is 6.80. The Morgan fingerprint density at radius 3 is 2.39 bits per heavy atom. The third-order valence-electron chi connectivity index (χ3n) is 5.11. The number of amides is 1. The number of ether oxygens (including phenoxy) is 1. The fourth-order valence-corrected chi connectivity index (χ4v) is 4.66. The summed E-state index contributed by atoms with van der Waals surface area (Å²) in [6.45, 7) is 1.57. The first-order valence-electron chi connectivity index (χ1n) is 9.61. The average molecular weight is 487 g/mol. The van der Waals surface area contributed by atoms with E-state index < -0.39 is 35.3 Å². The molecular formula is C23H16ClFN2O5S. The zero-order valence-electron chi connectivity index (χ0n) is 17.3. The minimum absolute atomic E-state index is 0.0690. The highest BCUT2D eigenvalue weighted by Crippen LogP contribution is 2.44. The molecule has 0 saturated carbocycles. The maximum absolute atomic E-state index is 13.6. The Bertz CT molecular complexity index is 1300. The second-order valence-electron chi connectivity index (χ2n) is 7.13. The SMILES string of the molecule is COC(=O)c1sc(N2C(=O)C(=O)C(=C(O)c3ccc(Cl)cc3)C2c2ccc(F)cc2)nc1C. The van der Waals surface area contributed by atoms with Gasteiger partial charge in [0.2, 0.25) is 0 Å². The Labute approximate surface area is 196 Å². The number of carbonyl (C=O) groups is 3. The Hall–Kier alpha value is -3.56. The normalized spacial score (nSPS) is 17.5. The second-order valence-corrected chi connectivity index (χ2v) is 8.54. The highest BCUT2D eigenvalue weighted by Gasteiger charge is 2.48. The Morgan fingerprint density at radius 2 is 1.79 bits per heavy atom. The van der Waals surface area contributed by atoms with Crippen LogP contribution in [0.1, 0.15) is 32.5 Å². The molecule has 2 heterocycles. The molecule has 1 unspecified atom stereocenters. The van der Waals surface area contributed by atoms with E-state index in [2.05, 4.69) is 4.98 Å². The van der Waals surface area contributed by atoms with Gasteiger partial charge in [-0.15, -0.1) is 0 Å². The van der Waals surface area contributed by atoms with Crippen LogP contribution in [0.2, 0.25) is 5.02 Å². The number of rotatable bonds is 4. The molecule has 1 aliphatic rings. The first kappa shape index (κ1) is 22.6. The fourth-order valence-electron chi connectivity index (χ4n) is 3.52. The Morgan fingerprint density at radius 1 is 1.15 bits per heavy atom. The maximum atomic E-state index is 13.6. The van der Waals surface area contributed by atoms with Gasteiger partial charge >= 0.3 is 11.9 Å². The van der Waals surface area contributed by atoms with Crippen LogP contribution in [-0.2, 0) is 14.3 Å². The van der Waals surface area contributed by atoms with Crippen molar-refractivity contribution in [3.8, 4) is 0 Å². The molecular weight excluding hydrogens is 471 g/mol. The number of aromatic nitrogens is 1. The predicted molar refractivity (Wildman–Crippen MR) is 121 cm³/mol. The van der Waals surface area contributed by atoms with Crippen molar-refractivity contribution in [2.45, 2.75) is 13.0 Å². The molecule has 3 aromatic rings. The lowest BCUT2D eigenvalue weighted by molar-refractivity contribution is -0.132. The van der Waals surface area contributed by atoms with E-state index in [1.807, 2.05) is 0 Å². The van der Waals surface area contributed by atoms with Crippen LogP contribution in [0.3, 0.4) is 0 Å². The summed E-state index contributed by atoms with van der Waals surface area (Å²) in [7, 11) is 1.22. The highest BCUT2D eigenvalue weighted by molar-refractivity contribution is 7.17. The number of thiazole rings is 1. The van der Waals surface area contributed by atoms with Gasteiger partial charge in [0.05, 0.1) is 24.4 Å². The van der Waals surface area contributed by atoms with Crippen LogP contribution in [0.5, 0.6) is 0 Å². The average Bonchev–Trinajstić information content (AvgIpc) is 3.31. The molecule has 1 saturated heterocycles. The van der Waals surface area contributed by atoms with Crippen LogP contribution < -0.4 is 4.90 Å². The van der Waals surface area contributed by atoms with Gasteiger partial charge in [-0.1, -0.05) is 35.1 Å². The third-order valence-corrected chi connectivity index (χ3v) is 6.50. The molecule has 7 nitrogen and oxygen atoms in total. The number of esters is 1. The smallest absolute Gasteiger partial charge is 0.350 e.